The van der Waals surface area contributed by atoms with Gasteiger partial charge in [-0.3, -0.25) is 4.79 Å². The smallest absolute Gasteiger partial charge is 0.316 e. The van der Waals surface area contributed by atoms with Crippen molar-refractivity contribution in [3.05, 3.63) is 23.9 Å². The van der Waals surface area contributed by atoms with Crippen LogP contribution in [0.15, 0.2) is 23.4 Å². The summed E-state index contributed by atoms with van der Waals surface area (Å²) in [6, 6.07) is 4.65. The minimum Gasteiger partial charge on any atom is -0.465 e. The summed E-state index contributed by atoms with van der Waals surface area (Å²) in [7, 11) is 0. The van der Waals surface area contributed by atoms with Crippen LogP contribution < -0.4 is 5.32 Å². The second-order valence-electron chi connectivity index (χ2n) is 4.22. The Kier molecular flexibility index (Phi) is 5.01. The van der Waals surface area contributed by atoms with Gasteiger partial charge in [0.2, 0.25) is 0 Å². The molecule has 0 aromatic carbocycles. The highest BCUT2D eigenvalue weighted by molar-refractivity contribution is 7.99. The zero-order valence-corrected chi connectivity index (χ0v) is 11.3. The number of nitrogens with one attached hydrogen (secondary N) is 1. The summed E-state index contributed by atoms with van der Waals surface area (Å²) in [4.78, 5) is 15.6. The van der Waals surface area contributed by atoms with Gasteiger partial charge < -0.3 is 10.1 Å². The molecule has 1 saturated carbocycles. The maximum atomic E-state index is 11.3. The van der Waals surface area contributed by atoms with E-state index in [2.05, 4.69) is 16.4 Å². The van der Waals surface area contributed by atoms with E-state index in [0.29, 0.717) is 18.4 Å². The Balaban J connectivity index is 1.87. The molecule has 0 bridgehead atoms. The van der Waals surface area contributed by atoms with E-state index in [9.17, 15) is 4.79 Å². The Morgan fingerprint density at radius 3 is 3.17 bits per heavy atom. The van der Waals surface area contributed by atoms with Gasteiger partial charge in [0.05, 0.1) is 12.4 Å². The molecule has 1 aromatic rings. The monoisotopic (exact) mass is 266 g/mol. The van der Waals surface area contributed by atoms with Gasteiger partial charge in [0, 0.05) is 18.8 Å². The Labute approximate surface area is 112 Å². The van der Waals surface area contributed by atoms with E-state index in [1.54, 1.807) is 6.20 Å². The van der Waals surface area contributed by atoms with Crippen molar-refractivity contribution < 1.29 is 9.53 Å². The zero-order chi connectivity index (χ0) is 12.8. The first-order valence-electron chi connectivity index (χ1n) is 6.25. The molecule has 0 aliphatic heterocycles. The second-order valence-corrected chi connectivity index (χ2v) is 5.18. The van der Waals surface area contributed by atoms with Gasteiger partial charge in [-0.1, -0.05) is 17.8 Å². The first-order valence-corrected chi connectivity index (χ1v) is 7.24. The van der Waals surface area contributed by atoms with Crippen LogP contribution in [0, 0.1) is 0 Å². The molecule has 0 amide bonds. The fourth-order valence-corrected chi connectivity index (χ4v) is 2.36. The molecule has 2 rings (SSSR count). The van der Waals surface area contributed by atoms with Crippen molar-refractivity contribution in [1.29, 1.82) is 0 Å². The third kappa shape index (κ3) is 4.31. The molecule has 1 aliphatic rings. The summed E-state index contributed by atoms with van der Waals surface area (Å²) in [5.74, 6) is 0.135. The van der Waals surface area contributed by atoms with Crippen LogP contribution in [0.25, 0.3) is 0 Å². The molecular formula is C13H18N2O2S. The number of hydrogen-bond donors (Lipinski definition) is 1. The number of carbonyl (C=O) groups excluding carboxylic acids is 1. The van der Waals surface area contributed by atoms with E-state index in [1.807, 2.05) is 13.0 Å². The van der Waals surface area contributed by atoms with Crippen molar-refractivity contribution in [3.63, 3.8) is 0 Å². The topological polar surface area (TPSA) is 51.2 Å². The van der Waals surface area contributed by atoms with Crippen molar-refractivity contribution in [3.8, 4) is 0 Å². The highest BCUT2D eigenvalue weighted by atomic mass is 32.2. The summed E-state index contributed by atoms with van der Waals surface area (Å²) < 4.78 is 4.91. The first kappa shape index (κ1) is 13.4. The van der Waals surface area contributed by atoms with Gasteiger partial charge in [0.1, 0.15) is 5.03 Å². The fraction of sp³-hybridized carbons (Fsp3) is 0.538. The molecule has 0 radical (unpaired) electrons. The van der Waals surface area contributed by atoms with Gasteiger partial charge in [0.25, 0.3) is 0 Å². The predicted molar refractivity (Wildman–Crippen MR) is 71.5 cm³/mol. The van der Waals surface area contributed by atoms with E-state index in [-0.39, 0.29) is 5.97 Å². The minimum atomic E-state index is -0.186. The van der Waals surface area contributed by atoms with Crippen LogP contribution in [-0.4, -0.2) is 29.4 Å². The van der Waals surface area contributed by atoms with Crippen LogP contribution in [0.4, 0.5) is 0 Å². The molecule has 0 unspecified atom stereocenters. The zero-order valence-electron chi connectivity index (χ0n) is 10.5. The molecule has 1 aliphatic carbocycles. The number of hydrogen-bond acceptors (Lipinski definition) is 5. The number of aromatic nitrogens is 1. The number of ether oxygens (including phenoxy) is 1. The number of nitrogens with zero attached hydrogens (tertiary/aromatic N) is 1. The lowest BCUT2D eigenvalue weighted by atomic mass is 10.3. The molecule has 1 heterocycles. The number of thioether (sulfide) groups is 1. The van der Waals surface area contributed by atoms with Crippen LogP contribution in [0.1, 0.15) is 25.3 Å². The van der Waals surface area contributed by atoms with Crippen molar-refractivity contribution in [2.75, 3.05) is 12.4 Å². The van der Waals surface area contributed by atoms with Crippen LogP contribution >= 0.6 is 11.8 Å². The lowest BCUT2D eigenvalue weighted by molar-refractivity contribution is -0.139. The molecule has 0 atom stereocenters. The van der Waals surface area contributed by atoms with Crippen LogP contribution in [0.2, 0.25) is 0 Å². The quantitative estimate of drug-likeness (QED) is 0.604. The van der Waals surface area contributed by atoms with E-state index in [1.165, 1.54) is 24.6 Å². The molecule has 0 saturated heterocycles. The molecule has 1 N–H and O–H groups in total. The Bertz CT molecular complexity index is 408. The van der Waals surface area contributed by atoms with Gasteiger partial charge in [-0.05, 0) is 31.4 Å². The lowest BCUT2D eigenvalue weighted by Crippen LogP contribution is -2.16. The van der Waals surface area contributed by atoms with Gasteiger partial charge in [0.15, 0.2) is 0 Å². The summed E-state index contributed by atoms with van der Waals surface area (Å²) >= 11 is 1.44. The van der Waals surface area contributed by atoms with Crippen molar-refractivity contribution >= 4 is 17.7 Å². The highest BCUT2D eigenvalue weighted by Gasteiger charge is 2.20. The summed E-state index contributed by atoms with van der Waals surface area (Å²) in [5.41, 5.74) is 1.15. The average molecular weight is 266 g/mol. The SMILES string of the molecule is CCOC(=O)CSc1ncccc1CNC1CC1. The molecule has 0 spiro atoms. The van der Waals surface area contributed by atoms with E-state index in [4.69, 9.17) is 4.74 Å². The second kappa shape index (κ2) is 6.75. The minimum absolute atomic E-state index is 0.186. The molecule has 98 valence electrons. The third-order valence-electron chi connectivity index (χ3n) is 2.64. The number of esters is 1. The lowest BCUT2D eigenvalue weighted by Gasteiger charge is -2.08. The van der Waals surface area contributed by atoms with Crippen molar-refractivity contribution in [2.24, 2.45) is 0 Å². The average Bonchev–Trinajstić information content (AvgIpc) is 3.19. The first-order chi connectivity index (χ1) is 8.79. The van der Waals surface area contributed by atoms with Crippen molar-refractivity contribution in [2.45, 2.75) is 37.4 Å². The van der Waals surface area contributed by atoms with Crippen LogP contribution in [0.5, 0.6) is 0 Å². The largest absolute Gasteiger partial charge is 0.465 e. The highest BCUT2D eigenvalue weighted by Crippen LogP contribution is 2.23. The molecular weight excluding hydrogens is 248 g/mol. The number of rotatable bonds is 7. The molecule has 1 fully saturated rings. The molecule has 18 heavy (non-hydrogen) atoms. The van der Waals surface area contributed by atoms with Gasteiger partial charge in [-0.25, -0.2) is 4.98 Å². The Morgan fingerprint density at radius 1 is 1.61 bits per heavy atom. The standard InChI is InChI=1S/C13H18N2O2S/c1-2-17-12(16)9-18-13-10(4-3-7-14-13)8-15-11-5-6-11/h3-4,7,11,15H,2,5-6,8-9H2,1H3. The Hall–Kier alpha value is -1.07. The summed E-state index contributed by atoms with van der Waals surface area (Å²) in [5, 5.41) is 4.37. The summed E-state index contributed by atoms with van der Waals surface area (Å²) in [6.45, 7) is 3.07. The van der Waals surface area contributed by atoms with E-state index in [0.717, 1.165) is 17.1 Å². The predicted octanol–water partition coefficient (Wildman–Crippen LogP) is 1.99. The maximum absolute atomic E-state index is 11.3. The van der Waals surface area contributed by atoms with Gasteiger partial charge in [-0.15, -0.1) is 0 Å². The summed E-state index contributed by atoms with van der Waals surface area (Å²) in [6.07, 6.45) is 4.30. The number of pyridine rings is 1. The number of carbonyl (C=O) groups is 1. The maximum Gasteiger partial charge on any atom is 0.316 e. The van der Waals surface area contributed by atoms with Crippen molar-refractivity contribution in [1.82, 2.24) is 10.3 Å². The Morgan fingerprint density at radius 2 is 2.44 bits per heavy atom. The molecule has 4 nitrogen and oxygen atoms in total. The molecule has 1 aromatic heterocycles. The fourth-order valence-electron chi connectivity index (χ4n) is 1.56. The van der Waals surface area contributed by atoms with Gasteiger partial charge in [-0.2, -0.15) is 0 Å². The normalized spacial score (nSPS) is 14.5. The van der Waals surface area contributed by atoms with Gasteiger partial charge >= 0.3 is 5.97 Å². The van der Waals surface area contributed by atoms with E-state index >= 15 is 0 Å². The van der Waals surface area contributed by atoms with E-state index < -0.39 is 0 Å². The third-order valence-corrected chi connectivity index (χ3v) is 3.66. The molecule has 5 heteroatoms. The van der Waals surface area contributed by atoms with Crippen LogP contribution in [-0.2, 0) is 16.1 Å². The van der Waals surface area contributed by atoms with Crippen LogP contribution in [0.3, 0.4) is 0 Å².